The summed E-state index contributed by atoms with van der Waals surface area (Å²) in [7, 11) is -1.90. The lowest BCUT2D eigenvalue weighted by molar-refractivity contribution is 0.0955. The first-order chi connectivity index (χ1) is 12.7. The monoisotopic (exact) mass is 387 g/mol. The summed E-state index contributed by atoms with van der Waals surface area (Å²) in [6.45, 7) is 4.10. The van der Waals surface area contributed by atoms with Crippen LogP contribution in [0.2, 0.25) is 0 Å². The Kier molecular flexibility index (Phi) is 4.99. The van der Waals surface area contributed by atoms with Crippen molar-refractivity contribution in [3.63, 3.8) is 0 Å². The smallest absolute Gasteiger partial charge is 0.252 e. The van der Waals surface area contributed by atoms with Crippen molar-refractivity contribution in [2.24, 2.45) is 12.2 Å². The normalized spacial score (nSPS) is 11.7. The van der Waals surface area contributed by atoms with Gasteiger partial charge in [-0.2, -0.15) is 5.10 Å². The molecule has 0 radical (unpaired) electrons. The fourth-order valence-corrected chi connectivity index (χ4v) is 3.53. The molecule has 0 unspecified atom stereocenters. The molecule has 8 nitrogen and oxygen atoms in total. The van der Waals surface area contributed by atoms with Gasteiger partial charge in [0.25, 0.3) is 5.91 Å². The van der Waals surface area contributed by atoms with Crippen LogP contribution in [0, 0.1) is 13.8 Å². The number of nitrogens with zero attached hydrogens (tertiary/aromatic N) is 3. The van der Waals surface area contributed by atoms with Crippen LogP contribution in [0.15, 0.2) is 35.2 Å². The lowest BCUT2D eigenvalue weighted by Crippen LogP contribution is -2.26. The molecule has 0 spiro atoms. The average molecular weight is 387 g/mol. The van der Waals surface area contributed by atoms with Crippen LogP contribution in [-0.4, -0.2) is 35.6 Å². The molecule has 0 aliphatic carbocycles. The van der Waals surface area contributed by atoms with E-state index in [1.54, 1.807) is 29.9 Å². The fourth-order valence-electron chi connectivity index (χ4n) is 3.01. The van der Waals surface area contributed by atoms with E-state index in [1.165, 1.54) is 12.1 Å². The van der Waals surface area contributed by atoms with Crippen LogP contribution in [0.1, 0.15) is 27.3 Å². The topological polar surface area (TPSA) is 120 Å². The van der Waals surface area contributed by atoms with Gasteiger partial charge in [0.05, 0.1) is 21.5 Å². The Morgan fingerprint density at radius 1 is 1.22 bits per heavy atom. The minimum atomic E-state index is -3.70. The minimum absolute atomic E-state index is 0.0667. The van der Waals surface area contributed by atoms with E-state index >= 15 is 0 Å². The number of amides is 1. The molecule has 2 heterocycles. The second-order valence-corrected chi connectivity index (χ2v) is 7.98. The SMILES string of the molecule is Cc1cc(C(=O)NCCc2ccc(S(N)(=O)=O)cc2)c2c(C)nn(C)c2n1. The van der Waals surface area contributed by atoms with Gasteiger partial charge < -0.3 is 5.32 Å². The number of sulfonamides is 1. The highest BCUT2D eigenvalue weighted by molar-refractivity contribution is 7.89. The van der Waals surface area contributed by atoms with Gasteiger partial charge in [0.2, 0.25) is 10.0 Å². The zero-order chi connectivity index (χ0) is 19.8. The van der Waals surface area contributed by atoms with Crippen LogP contribution in [0.25, 0.3) is 11.0 Å². The number of nitrogens with two attached hydrogens (primary N) is 1. The van der Waals surface area contributed by atoms with E-state index in [9.17, 15) is 13.2 Å². The first kappa shape index (κ1) is 19.0. The van der Waals surface area contributed by atoms with Crippen molar-refractivity contribution in [1.29, 1.82) is 0 Å². The van der Waals surface area contributed by atoms with Crippen molar-refractivity contribution in [1.82, 2.24) is 20.1 Å². The van der Waals surface area contributed by atoms with Crippen molar-refractivity contribution >= 4 is 27.0 Å². The maximum atomic E-state index is 12.7. The number of pyridine rings is 1. The molecule has 0 saturated heterocycles. The lowest BCUT2D eigenvalue weighted by Gasteiger charge is -2.08. The number of primary sulfonamides is 1. The third-order valence-electron chi connectivity index (χ3n) is 4.29. The van der Waals surface area contributed by atoms with Gasteiger partial charge in [-0.05, 0) is 44.0 Å². The molecule has 1 aromatic carbocycles. The number of carbonyl (C=O) groups is 1. The molecule has 0 atom stereocenters. The number of nitrogens with one attached hydrogen (secondary N) is 1. The summed E-state index contributed by atoms with van der Waals surface area (Å²) in [5.41, 5.74) is 3.62. The van der Waals surface area contributed by atoms with Crippen LogP contribution >= 0.6 is 0 Å². The molecule has 3 aromatic rings. The third kappa shape index (κ3) is 3.99. The maximum absolute atomic E-state index is 12.7. The Hall–Kier alpha value is -2.78. The molecule has 0 bridgehead atoms. The van der Waals surface area contributed by atoms with E-state index in [1.807, 2.05) is 13.8 Å². The second kappa shape index (κ2) is 7.09. The highest BCUT2D eigenvalue weighted by atomic mass is 32.2. The molecule has 0 fully saturated rings. The Morgan fingerprint density at radius 2 is 1.89 bits per heavy atom. The van der Waals surface area contributed by atoms with Gasteiger partial charge in [0.15, 0.2) is 5.65 Å². The summed E-state index contributed by atoms with van der Waals surface area (Å²) in [5.74, 6) is -0.192. The number of benzene rings is 1. The number of hydrogen-bond donors (Lipinski definition) is 2. The molecule has 9 heteroatoms. The predicted molar refractivity (Wildman–Crippen MR) is 102 cm³/mol. The van der Waals surface area contributed by atoms with Crippen LogP contribution in [0.5, 0.6) is 0 Å². The number of aromatic nitrogens is 3. The number of hydrogen-bond acceptors (Lipinski definition) is 5. The molecule has 1 amide bonds. The summed E-state index contributed by atoms with van der Waals surface area (Å²) >= 11 is 0. The summed E-state index contributed by atoms with van der Waals surface area (Å²) in [4.78, 5) is 17.2. The van der Waals surface area contributed by atoms with Crippen molar-refractivity contribution in [2.45, 2.75) is 25.2 Å². The summed E-state index contributed by atoms with van der Waals surface area (Å²) in [6, 6.07) is 8.05. The summed E-state index contributed by atoms with van der Waals surface area (Å²) < 4.78 is 24.2. The quantitative estimate of drug-likeness (QED) is 0.682. The molecule has 0 saturated carbocycles. The van der Waals surface area contributed by atoms with Gasteiger partial charge in [-0.25, -0.2) is 18.5 Å². The average Bonchev–Trinajstić information content (AvgIpc) is 2.88. The Bertz CT molecular complexity index is 1120. The third-order valence-corrected chi connectivity index (χ3v) is 5.22. The molecular formula is C18H21N5O3S. The molecule has 27 heavy (non-hydrogen) atoms. The largest absolute Gasteiger partial charge is 0.352 e. The molecule has 3 rings (SSSR count). The first-order valence-electron chi connectivity index (χ1n) is 8.37. The van der Waals surface area contributed by atoms with Gasteiger partial charge in [-0.15, -0.1) is 0 Å². The molecule has 2 aromatic heterocycles. The van der Waals surface area contributed by atoms with Crippen molar-refractivity contribution in [3.05, 3.63) is 52.8 Å². The Balaban J connectivity index is 1.73. The summed E-state index contributed by atoms with van der Waals surface area (Å²) in [6.07, 6.45) is 0.565. The van der Waals surface area contributed by atoms with Gasteiger partial charge >= 0.3 is 0 Å². The van der Waals surface area contributed by atoms with E-state index in [0.717, 1.165) is 22.3 Å². The van der Waals surface area contributed by atoms with E-state index in [4.69, 9.17) is 5.14 Å². The predicted octanol–water partition coefficient (Wildman–Crippen LogP) is 1.21. The van der Waals surface area contributed by atoms with Gasteiger partial charge in [-0.1, -0.05) is 12.1 Å². The maximum Gasteiger partial charge on any atom is 0.252 e. The number of carbonyl (C=O) groups excluding carboxylic acids is 1. The number of rotatable bonds is 5. The van der Waals surface area contributed by atoms with Crippen molar-refractivity contribution in [3.8, 4) is 0 Å². The second-order valence-electron chi connectivity index (χ2n) is 6.41. The van der Waals surface area contributed by atoms with Crippen LogP contribution in [-0.2, 0) is 23.5 Å². The van der Waals surface area contributed by atoms with Gasteiger partial charge in [0, 0.05) is 19.3 Å². The molecule has 0 aliphatic heterocycles. The highest BCUT2D eigenvalue weighted by Gasteiger charge is 2.17. The lowest BCUT2D eigenvalue weighted by atomic mass is 10.1. The fraction of sp³-hybridized carbons (Fsp3) is 0.278. The number of aryl methyl sites for hydroxylation is 3. The van der Waals surface area contributed by atoms with E-state index in [0.29, 0.717) is 24.2 Å². The number of fused-ring (bicyclic) bond motifs is 1. The van der Waals surface area contributed by atoms with E-state index < -0.39 is 10.0 Å². The molecule has 0 aliphatic rings. The van der Waals surface area contributed by atoms with Crippen LogP contribution in [0.3, 0.4) is 0 Å². The molecule has 3 N–H and O–H groups in total. The standard InChI is InChI=1S/C18H21N5O3S/c1-11-10-15(16-12(2)22-23(3)17(16)21-11)18(24)20-9-8-13-4-6-14(7-5-13)27(19,25)26/h4-7,10H,8-9H2,1-3H3,(H,20,24)(H2,19,25,26). The van der Waals surface area contributed by atoms with Crippen LogP contribution < -0.4 is 10.5 Å². The highest BCUT2D eigenvalue weighted by Crippen LogP contribution is 2.21. The minimum Gasteiger partial charge on any atom is -0.352 e. The zero-order valence-electron chi connectivity index (χ0n) is 15.4. The zero-order valence-corrected chi connectivity index (χ0v) is 16.2. The van der Waals surface area contributed by atoms with E-state index in [-0.39, 0.29) is 10.8 Å². The van der Waals surface area contributed by atoms with Crippen molar-refractivity contribution < 1.29 is 13.2 Å². The van der Waals surface area contributed by atoms with Gasteiger partial charge in [-0.3, -0.25) is 9.48 Å². The van der Waals surface area contributed by atoms with Crippen LogP contribution in [0.4, 0.5) is 0 Å². The first-order valence-corrected chi connectivity index (χ1v) is 9.92. The molecule has 142 valence electrons. The van der Waals surface area contributed by atoms with E-state index in [2.05, 4.69) is 15.4 Å². The molecular weight excluding hydrogens is 366 g/mol. The van der Waals surface area contributed by atoms with Gasteiger partial charge in [0.1, 0.15) is 0 Å². The Morgan fingerprint density at radius 3 is 2.52 bits per heavy atom. The Labute approximate surface area is 157 Å². The van der Waals surface area contributed by atoms with Crippen molar-refractivity contribution in [2.75, 3.05) is 6.54 Å². The summed E-state index contributed by atoms with van der Waals surface area (Å²) in [5, 5.41) is 13.1.